The first kappa shape index (κ1) is 24.4. The Hall–Kier alpha value is -2.77. The van der Waals surface area contributed by atoms with Crippen LogP contribution in [0.3, 0.4) is 0 Å². The van der Waals surface area contributed by atoms with Gasteiger partial charge in [-0.1, -0.05) is 47.6 Å². The van der Waals surface area contributed by atoms with Crippen molar-refractivity contribution in [2.24, 2.45) is 0 Å². The Morgan fingerprint density at radius 1 is 1.00 bits per heavy atom. The number of nitrogens with zero attached hydrogens (tertiary/aromatic N) is 4. The van der Waals surface area contributed by atoms with Gasteiger partial charge >= 0.3 is 0 Å². The predicted molar refractivity (Wildman–Crippen MR) is 141 cm³/mol. The SMILES string of the molecule is CCNC(=O)c1ccc(CSc2nc(C)c(C)c(N3CCN(c4ccccc4Cl)CC3)n2)cc1. The summed E-state index contributed by atoms with van der Waals surface area (Å²) in [6.45, 7) is 10.2. The topological polar surface area (TPSA) is 61.4 Å². The van der Waals surface area contributed by atoms with Crippen molar-refractivity contribution in [2.75, 3.05) is 42.5 Å². The van der Waals surface area contributed by atoms with Gasteiger partial charge in [-0.3, -0.25) is 4.79 Å². The molecule has 3 aromatic rings. The first-order valence-corrected chi connectivity index (χ1v) is 12.9. The van der Waals surface area contributed by atoms with Crippen LogP contribution in [0.1, 0.15) is 34.1 Å². The Morgan fingerprint density at radius 2 is 1.68 bits per heavy atom. The first-order valence-electron chi connectivity index (χ1n) is 11.6. The number of para-hydroxylation sites is 1. The van der Waals surface area contributed by atoms with E-state index in [2.05, 4.69) is 28.1 Å². The second kappa shape index (κ2) is 11.1. The van der Waals surface area contributed by atoms with Crippen molar-refractivity contribution in [3.05, 3.63) is 75.9 Å². The number of thioether (sulfide) groups is 1. The average Bonchev–Trinajstić information content (AvgIpc) is 2.85. The van der Waals surface area contributed by atoms with Gasteiger partial charge in [0, 0.05) is 55.3 Å². The number of aromatic nitrogens is 2. The highest BCUT2D eigenvalue weighted by atomic mass is 35.5. The van der Waals surface area contributed by atoms with Gasteiger partial charge in [-0.05, 0) is 50.6 Å². The number of anilines is 2. The largest absolute Gasteiger partial charge is 0.367 e. The molecule has 178 valence electrons. The number of rotatable bonds is 7. The zero-order chi connectivity index (χ0) is 24.1. The lowest BCUT2D eigenvalue weighted by atomic mass is 10.1. The number of carbonyl (C=O) groups is 1. The van der Waals surface area contributed by atoms with Crippen LogP contribution in [0, 0.1) is 13.8 Å². The number of nitrogens with one attached hydrogen (secondary N) is 1. The molecular formula is C26H30ClN5OS. The highest BCUT2D eigenvalue weighted by Gasteiger charge is 2.22. The standard InChI is InChI=1S/C26H30ClN5OS/c1-4-28-25(33)21-11-9-20(10-12-21)17-34-26-29-19(3)18(2)24(30-26)32-15-13-31(14-16-32)23-8-6-5-7-22(23)27/h5-12H,4,13-17H2,1-3H3,(H,28,33). The van der Waals surface area contributed by atoms with Crippen molar-refractivity contribution in [3.63, 3.8) is 0 Å². The second-order valence-electron chi connectivity index (χ2n) is 8.31. The molecule has 1 N–H and O–H groups in total. The molecule has 1 aliphatic heterocycles. The Morgan fingerprint density at radius 3 is 2.35 bits per heavy atom. The van der Waals surface area contributed by atoms with Crippen molar-refractivity contribution in [2.45, 2.75) is 31.7 Å². The molecule has 2 aromatic carbocycles. The second-order valence-corrected chi connectivity index (χ2v) is 9.66. The van der Waals surface area contributed by atoms with E-state index in [1.807, 2.05) is 56.3 Å². The number of aryl methyl sites for hydroxylation is 1. The summed E-state index contributed by atoms with van der Waals surface area (Å²) < 4.78 is 0. The Kier molecular flexibility index (Phi) is 7.95. The molecule has 1 saturated heterocycles. The monoisotopic (exact) mass is 495 g/mol. The van der Waals surface area contributed by atoms with Crippen LogP contribution in [0.2, 0.25) is 5.02 Å². The number of carbonyl (C=O) groups excluding carboxylic acids is 1. The quantitative estimate of drug-likeness (QED) is 0.363. The fraction of sp³-hybridized carbons (Fsp3) is 0.346. The van der Waals surface area contributed by atoms with Gasteiger partial charge in [-0.2, -0.15) is 0 Å². The van der Waals surface area contributed by atoms with Crippen LogP contribution in [0.15, 0.2) is 53.7 Å². The van der Waals surface area contributed by atoms with Gasteiger partial charge in [-0.15, -0.1) is 0 Å². The van der Waals surface area contributed by atoms with E-state index >= 15 is 0 Å². The van der Waals surface area contributed by atoms with Crippen LogP contribution in [-0.2, 0) is 5.75 Å². The molecule has 0 bridgehead atoms. The third kappa shape index (κ3) is 5.65. The maximum absolute atomic E-state index is 12.0. The molecule has 0 spiro atoms. The van der Waals surface area contributed by atoms with Gasteiger partial charge in [0.15, 0.2) is 5.16 Å². The molecule has 0 saturated carbocycles. The summed E-state index contributed by atoms with van der Waals surface area (Å²) >= 11 is 8.02. The number of hydrogen-bond donors (Lipinski definition) is 1. The summed E-state index contributed by atoms with van der Waals surface area (Å²) in [6, 6.07) is 15.7. The molecule has 2 heterocycles. The molecule has 0 radical (unpaired) electrons. The zero-order valence-corrected chi connectivity index (χ0v) is 21.4. The summed E-state index contributed by atoms with van der Waals surface area (Å²) in [5, 5.41) is 4.40. The molecular weight excluding hydrogens is 466 g/mol. The van der Waals surface area contributed by atoms with E-state index in [0.717, 1.165) is 70.4 Å². The van der Waals surface area contributed by atoms with E-state index in [1.165, 1.54) is 0 Å². The van der Waals surface area contributed by atoms with E-state index in [-0.39, 0.29) is 5.91 Å². The third-order valence-corrected chi connectivity index (χ3v) is 7.27. The van der Waals surface area contributed by atoms with Crippen LogP contribution in [0.4, 0.5) is 11.5 Å². The van der Waals surface area contributed by atoms with Crippen LogP contribution in [0.25, 0.3) is 0 Å². The van der Waals surface area contributed by atoms with Gasteiger partial charge in [0.1, 0.15) is 5.82 Å². The van der Waals surface area contributed by atoms with Gasteiger partial charge in [-0.25, -0.2) is 9.97 Å². The number of halogens is 1. The predicted octanol–water partition coefficient (Wildman–Crippen LogP) is 5.12. The Labute approximate surface area is 210 Å². The van der Waals surface area contributed by atoms with Crippen molar-refractivity contribution in [3.8, 4) is 0 Å². The normalized spacial score (nSPS) is 13.8. The van der Waals surface area contributed by atoms with Gasteiger partial charge in [0.2, 0.25) is 0 Å². The highest BCUT2D eigenvalue weighted by Crippen LogP contribution is 2.29. The molecule has 1 amide bonds. The molecule has 6 nitrogen and oxygen atoms in total. The fourth-order valence-corrected chi connectivity index (χ4v) is 5.09. The average molecular weight is 496 g/mol. The molecule has 0 aliphatic carbocycles. The Bertz CT molecular complexity index is 1150. The van der Waals surface area contributed by atoms with Crippen molar-refractivity contribution in [1.82, 2.24) is 15.3 Å². The minimum absolute atomic E-state index is 0.0431. The van der Waals surface area contributed by atoms with E-state index in [9.17, 15) is 4.79 Å². The Balaban J connectivity index is 1.41. The molecule has 0 atom stereocenters. The van der Waals surface area contributed by atoms with Crippen LogP contribution < -0.4 is 15.1 Å². The van der Waals surface area contributed by atoms with E-state index < -0.39 is 0 Å². The molecule has 1 fully saturated rings. The number of amides is 1. The number of piperazine rings is 1. The van der Waals surface area contributed by atoms with Crippen molar-refractivity contribution >= 4 is 40.8 Å². The van der Waals surface area contributed by atoms with Gasteiger partial charge in [0.05, 0.1) is 10.7 Å². The minimum atomic E-state index is -0.0431. The fourth-order valence-electron chi connectivity index (χ4n) is 3.99. The molecule has 8 heteroatoms. The lowest BCUT2D eigenvalue weighted by Gasteiger charge is -2.37. The summed E-state index contributed by atoms with van der Waals surface area (Å²) in [4.78, 5) is 26.3. The van der Waals surface area contributed by atoms with Crippen molar-refractivity contribution in [1.29, 1.82) is 0 Å². The molecule has 1 aromatic heterocycles. The van der Waals surface area contributed by atoms with Crippen LogP contribution in [0.5, 0.6) is 0 Å². The van der Waals surface area contributed by atoms with E-state index in [1.54, 1.807) is 11.8 Å². The minimum Gasteiger partial charge on any atom is -0.367 e. The highest BCUT2D eigenvalue weighted by molar-refractivity contribution is 7.98. The smallest absolute Gasteiger partial charge is 0.251 e. The summed E-state index contributed by atoms with van der Waals surface area (Å²) in [6.07, 6.45) is 0. The van der Waals surface area contributed by atoms with Gasteiger partial charge < -0.3 is 15.1 Å². The number of hydrogen-bond acceptors (Lipinski definition) is 6. The van der Waals surface area contributed by atoms with Crippen LogP contribution in [-0.4, -0.2) is 48.6 Å². The summed E-state index contributed by atoms with van der Waals surface area (Å²) in [5.74, 6) is 1.72. The maximum atomic E-state index is 12.0. The summed E-state index contributed by atoms with van der Waals surface area (Å²) in [7, 11) is 0. The lowest BCUT2D eigenvalue weighted by Crippen LogP contribution is -2.47. The molecule has 4 rings (SSSR count). The molecule has 34 heavy (non-hydrogen) atoms. The van der Waals surface area contributed by atoms with E-state index in [0.29, 0.717) is 12.1 Å². The van der Waals surface area contributed by atoms with Gasteiger partial charge in [0.25, 0.3) is 5.91 Å². The molecule has 0 unspecified atom stereocenters. The van der Waals surface area contributed by atoms with E-state index in [4.69, 9.17) is 21.6 Å². The van der Waals surface area contributed by atoms with Crippen LogP contribution >= 0.6 is 23.4 Å². The molecule has 1 aliphatic rings. The summed E-state index contributed by atoms with van der Waals surface area (Å²) in [5.41, 5.74) is 5.04. The zero-order valence-electron chi connectivity index (χ0n) is 19.8. The number of benzene rings is 2. The maximum Gasteiger partial charge on any atom is 0.251 e. The first-order chi connectivity index (χ1) is 16.5. The van der Waals surface area contributed by atoms with Crippen molar-refractivity contribution < 1.29 is 4.79 Å². The third-order valence-electron chi connectivity index (χ3n) is 6.04. The lowest BCUT2D eigenvalue weighted by molar-refractivity contribution is 0.0956.